The zero-order valence-corrected chi connectivity index (χ0v) is 13.9. The first-order valence-electron chi connectivity index (χ1n) is 9.07. The third-order valence-electron chi connectivity index (χ3n) is 5.77. The van der Waals surface area contributed by atoms with Crippen molar-refractivity contribution >= 4 is 0 Å². The highest BCUT2D eigenvalue weighted by Gasteiger charge is 2.33. The lowest BCUT2D eigenvalue weighted by Gasteiger charge is -2.38. The molecule has 4 nitrogen and oxygen atoms in total. The Morgan fingerprint density at radius 2 is 2.14 bits per heavy atom. The summed E-state index contributed by atoms with van der Waals surface area (Å²) in [5.74, 6) is 0.765. The summed E-state index contributed by atoms with van der Waals surface area (Å²) in [7, 11) is 0. The monoisotopic (exact) mass is 295 g/mol. The van der Waals surface area contributed by atoms with Crippen LogP contribution in [0.5, 0.6) is 0 Å². The molecule has 0 radical (unpaired) electrons. The van der Waals surface area contributed by atoms with Crippen molar-refractivity contribution in [2.24, 2.45) is 5.92 Å². The van der Waals surface area contributed by atoms with Crippen molar-refractivity contribution in [3.8, 4) is 0 Å². The summed E-state index contributed by atoms with van der Waals surface area (Å²) in [4.78, 5) is 5.31. The molecule has 0 saturated carbocycles. The predicted octanol–water partition coefficient (Wildman–Crippen LogP) is 1.56. The van der Waals surface area contributed by atoms with Crippen molar-refractivity contribution in [1.82, 2.24) is 15.1 Å². The van der Waals surface area contributed by atoms with Gasteiger partial charge in [-0.2, -0.15) is 0 Å². The van der Waals surface area contributed by atoms with E-state index in [1.54, 1.807) is 0 Å². The van der Waals surface area contributed by atoms with E-state index in [9.17, 15) is 0 Å². The van der Waals surface area contributed by atoms with Gasteiger partial charge in [-0.15, -0.1) is 0 Å². The molecule has 122 valence electrons. The number of hydrogen-bond donors (Lipinski definition) is 1. The average Bonchev–Trinajstić information content (AvgIpc) is 2.84. The predicted molar refractivity (Wildman–Crippen MR) is 86.6 cm³/mol. The van der Waals surface area contributed by atoms with Gasteiger partial charge in [0.05, 0.1) is 12.7 Å². The van der Waals surface area contributed by atoms with E-state index in [0.717, 1.165) is 31.7 Å². The van der Waals surface area contributed by atoms with Crippen molar-refractivity contribution in [1.29, 1.82) is 0 Å². The highest BCUT2D eigenvalue weighted by atomic mass is 16.5. The Labute approximate surface area is 130 Å². The van der Waals surface area contributed by atoms with Gasteiger partial charge in [0, 0.05) is 31.7 Å². The number of hydrogen-bond acceptors (Lipinski definition) is 4. The molecule has 0 aromatic carbocycles. The standard InChI is InChI=1S/C17H33N3O/c1-3-14(2)17-12-19(8-5-7-18-17)10-16-11-20-9-4-6-15(20)13-21-16/h14-18H,3-13H2,1-2H3. The van der Waals surface area contributed by atoms with Crippen LogP contribution in [0.3, 0.4) is 0 Å². The summed E-state index contributed by atoms with van der Waals surface area (Å²) in [6, 6.07) is 1.38. The minimum atomic E-state index is 0.426. The Balaban J connectivity index is 1.51. The highest BCUT2D eigenvalue weighted by molar-refractivity contribution is 4.88. The zero-order valence-electron chi connectivity index (χ0n) is 13.9. The molecule has 21 heavy (non-hydrogen) atoms. The SMILES string of the molecule is CCC(C)C1CN(CC2CN3CCCC3CO2)CCCN1. The molecular weight excluding hydrogens is 262 g/mol. The lowest BCUT2D eigenvalue weighted by atomic mass is 9.99. The van der Waals surface area contributed by atoms with Crippen LogP contribution in [-0.2, 0) is 4.74 Å². The first kappa shape index (κ1) is 15.7. The third kappa shape index (κ3) is 3.98. The van der Waals surface area contributed by atoms with E-state index in [0.29, 0.717) is 12.1 Å². The maximum Gasteiger partial charge on any atom is 0.0829 e. The summed E-state index contributed by atoms with van der Waals surface area (Å²) in [5, 5.41) is 3.74. The maximum atomic E-state index is 6.15. The minimum absolute atomic E-state index is 0.426. The summed E-state index contributed by atoms with van der Waals surface area (Å²) in [6.07, 6.45) is 5.67. The molecule has 0 aromatic heterocycles. The Morgan fingerprint density at radius 3 is 3.00 bits per heavy atom. The lowest BCUT2D eigenvalue weighted by molar-refractivity contribution is -0.0614. The van der Waals surface area contributed by atoms with Crippen LogP contribution in [0.1, 0.15) is 39.5 Å². The van der Waals surface area contributed by atoms with E-state index in [2.05, 4.69) is 29.0 Å². The third-order valence-corrected chi connectivity index (χ3v) is 5.77. The van der Waals surface area contributed by atoms with Gasteiger partial charge in [0.15, 0.2) is 0 Å². The molecule has 3 rings (SSSR count). The van der Waals surface area contributed by atoms with Crippen LogP contribution in [0.2, 0.25) is 0 Å². The largest absolute Gasteiger partial charge is 0.374 e. The Hall–Kier alpha value is -0.160. The van der Waals surface area contributed by atoms with Crippen LogP contribution in [0, 0.1) is 5.92 Å². The number of nitrogens with one attached hydrogen (secondary N) is 1. The highest BCUT2D eigenvalue weighted by Crippen LogP contribution is 2.23. The zero-order chi connectivity index (χ0) is 14.7. The van der Waals surface area contributed by atoms with Gasteiger partial charge in [0.25, 0.3) is 0 Å². The van der Waals surface area contributed by atoms with Gasteiger partial charge >= 0.3 is 0 Å². The number of nitrogens with zero attached hydrogens (tertiary/aromatic N) is 2. The van der Waals surface area contributed by atoms with E-state index >= 15 is 0 Å². The second kappa shape index (κ2) is 7.40. The van der Waals surface area contributed by atoms with Gasteiger partial charge in [-0.25, -0.2) is 0 Å². The summed E-state index contributed by atoms with van der Waals surface area (Å²) < 4.78 is 6.15. The molecular formula is C17H33N3O. The van der Waals surface area contributed by atoms with Crippen molar-refractivity contribution in [3.05, 3.63) is 0 Å². The molecule has 3 aliphatic rings. The molecule has 0 spiro atoms. The summed E-state index contributed by atoms with van der Waals surface area (Å²) in [5.41, 5.74) is 0. The van der Waals surface area contributed by atoms with Crippen LogP contribution in [0.15, 0.2) is 0 Å². The van der Waals surface area contributed by atoms with Crippen molar-refractivity contribution < 1.29 is 4.74 Å². The molecule has 4 atom stereocenters. The number of fused-ring (bicyclic) bond motifs is 1. The lowest BCUT2D eigenvalue weighted by Crippen LogP contribution is -2.51. The van der Waals surface area contributed by atoms with Crippen molar-refractivity contribution in [3.63, 3.8) is 0 Å². The Morgan fingerprint density at radius 1 is 1.24 bits per heavy atom. The van der Waals surface area contributed by atoms with E-state index in [1.807, 2.05) is 0 Å². The molecule has 3 saturated heterocycles. The molecule has 3 heterocycles. The van der Waals surface area contributed by atoms with Crippen LogP contribution >= 0.6 is 0 Å². The van der Waals surface area contributed by atoms with Gasteiger partial charge in [0.1, 0.15) is 0 Å². The van der Waals surface area contributed by atoms with E-state index < -0.39 is 0 Å². The van der Waals surface area contributed by atoms with E-state index in [4.69, 9.17) is 4.74 Å². The normalized spacial score (nSPS) is 37.1. The van der Waals surface area contributed by atoms with Gasteiger partial charge < -0.3 is 10.1 Å². The van der Waals surface area contributed by atoms with Crippen molar-refractivity contribution in [2.75, 3.05) is 45.9 Å². The Kier molecular flexibility index (Phi) is 5.54. The average molecular weight is 295 g/mol. The first-order valence-corrected chi connectivity index (χ1v) is 9.07. The van der Waals surface area contributed by atoms with E-state index in [-0.39, 0.29) is 0 Å². The number of ether oxygens (including phenoxy) is 1. The molecule has 4 heteroatoms. The molecule has 4 unspecified atom stereocenters. The topological polar surface area (TPSA) is 27.7 Å². The molecule has 0 aliphatic carbocycles. The second-order valence-electron chi connectivity index (χ2n) is 7.31. The molecule has 3 fully saturated rings. The smallest absolute Gasteiger partial charge is 0.0829 e. The van der Waals surface area contributed by atoms with Crippen molar-refractivity contribution in [2.45, 2.75) is 57.7 Å². The van der Waals surface area contributed by atoms with Crippen LogP contribution < -0.4 is 5.32 Å². The molecule has 0 aromatic rings. The second-order valence-corrected chi connectivity index (χ2v) is 7.31. The van der Waals surface area contributed by atoms with Crippen LogP contribution in [-0.4, -0.2) is 73.9 Å². The fraction of sp³-hybridized carbons (Fsp3) is 1.00. The molecule has 0 amide bonds. The summed E-state index contributed by atoms with van der Waals surface area (Å²) >= 11 is 0. The number of rotatable bonds is 4. The fourth-order valence-corrected chi connectivity index (χ4v) is 4.14. The Bertz CT molecular complexity index is 325. The quantitative estimate of drug-likeness (QED) is 0.852. The van der Waals surface area contributed by atoms with Crippen LogP contribution in [0.4, 0.5) is 0 Å². The van der Waals surface area contributed by atoms with Gasteiger partial charge in [-0.3, -0.25) is 9.80 Å². The fourth-order valence-electron chi connectivity index (χ4n) is 4.14. The minimum Gasteiger partial charge on any atom is -0.374 e. The van der Waals surface area contributed by atoms with Gasteiger partial charge in [0.2, 0.25) is 0 Å². The van der Waals surface area contributed by atoms with Gasteiger partial charge in [-0.1, -0.05) is 20.3 Å². The summed E-state index contributed by atoms with van der Waals surface area (Å²) in [6.45, 7) is 12.8. The van der Waals surface area contributed by atoms with E-state index in [1.165, 1.54) is 51.9 Å². The number of morpholine rings is 1. The molecule has 3 aliphatic heterocycles. The molecule has 1 N–H and O–H groups in total. The van der Waals surface area contributed by atoms with Gasteiger partial charge in [-0.05, 0) is 44.8 Å². The van der Waals surface area contributed by atoms with Crippen LogP contribution in [0.25, 0.3) is 0 Å². The molecule has 0 bridgehead atoms. The maximum absolute atomic E-state index is 6.15. The first-order chi connectivity index (χ1) is 10.3.